The highest BCUT2D eigenvalue weighted by Crippen LogP contribution is 2.68. The van der Waals surface area contributed by atoms with E-state index in [0.717, 1.165) is 42.9 Å². The fraction of sp³-hybridized carbons (Fsp3) is 0.875. The maximum atomic E-state index is 10.3. The molecule has 0 aromatic carbocycles. The van der Waals surface area contributed by atoms with Gasteiger partial charge in [0.05, 0.1) is 11.9 Å². The molecule has 6 aliphatic rings. The van der Waals surface area contributed by atoms with Gasteiger partial charge < -0.3 is 14.7 Å². The van der Waals surface area contributed by atoms with Crippen molar-refractivity contribution in [2.75, 3.05) is 19.6 Å². The third-order valence-electron chi connectivity index (χ3n) is 12.2. The first-order chi connectivity index (χ1) is 16.8. The molecule has 9 atom stereocenters. The summed E-state index contributed by atoms with van der Waals surface area (Å²) in [4.78, 5) is 2.70. The van der Waals surface area contributed by atoms with E-state index in [2.05, 4.69) is 38.7 Å². The Morgan fingerprint density at radius 1 is 1.11 bits per heavy atom. The molecule has 35 heavy (non-hydrogen) atoms. The minimum Gasteiger partial charge on any atom is -0.494 e. The smallest absolute Gasteiger partial charge is 0.106 e. The molecule has 1 saturated heterocycles. The minimum atomic E-state index is -0.104. The van der Waals surface area contributed by atoms with E-state index in [1.165, 1.54) is 83.2 Å². The molecule has 0 radical (unpaired) electrons. The summed E-state index contributed by atoms with van der Waals surface area (Å²) in [6.45, 7) is 14.0. The second-order valence-electron chi connectivity index (χ2n) is 14.2. The van der Waals surface area contributed by atoms with E-state index in [4.69, 9.17) is 4.74 Å². The van der Waals surface area contributed by atoms with Crippen molar-refractivity contribution in [2.24, 2.45) is 40.4 Å². The fourth-order valence-electron chi connectivity index (χ4n) is 10.3. The Kier molecular flexibility index (Phi) is 6.44. The summed E-state index contributed by atoms with van der Waals surface area (Å²) in [5.41, 5.74) is 3.95. The molecular weight excluding hydrogens is 430 g/mol. The van der Waals surface area contributed by atoms with E-state index < -0.39 is 0 Å². The molecule has 0 aromatic heterocycles. The Hall–Kier alpha value is -0.800. The summed E-state index contributed by atoms with van der Waals surface area (Å²) in [5.74, 6) is 5.19. The average molecular weight is 482 g/mol. The number of rotatable bonds is 5. The molecule has 0 bridgehead atoms. The Morgan fingerprint density at radius 3 is 2.71 bits per heavy atom. The molecule has 1 unspecified atom stereocenters. The summed E-state index contributed by atoms with van der Waals surface area (Å²) in [6.07, 6.45) is 17.9. The van der Waals surface area contributed by atoms with Gasteiger partial charge in [0, 0.05) is 18.9 Å². The summed E-state index contributed by atoms with van der Waals surface area (Å²) < 4.78 is 6.84. The summed E-state index contributed by atoms with van der Waals surface area (Å²) in [7, 11) is 0. The quantitative estimate of drug-likeness (QED) is 0.425. The molecule has 0 spiro atoms. The fourth-order valence-corrected chi connectivity index (χ4v) is 10.3. The van der Waals surface area contributed by atoms with Crippen LogP contribution in [0, 0.1) is 40.4 Å². The number of hydrogen-bond acceptors (Lipinski definition) is 3. The first-order valence-corrected chi connectivity index (χ1v) is 15.3. The van der Waals surface area contributed by atoms with Gasteiger partial charge in [-0.1, -0.05) is 38.8 Å². The number of aliphatic hydroxyl groups excluding tert-OH is 1. The largest absolute Gasteiger partial charge is 0.494 e. The van der Waals surface area contributed by atoms with E-state index >= 15 is 0 Å². The lowest BCUT2D eigenvalue weighted by atomic mass is 9.47. The first kappa shape index (κ1) is 24.5. The van der Waals surface area contributed by atoms with Gasteiger partial charge in [-0.15, -0.1) is 0 Å². The van der Waals surface area contributed by atoms with Crippen molar-refractivity contribution < 1.29 is 9.84 Å². The molecule has 0 aromatic rings. The predicted octanol–water partition coefficient (Wildman–Crippen LogP) is 7.11. The number of likely N-dealkylation sites (tertiary alicyclic amines) is 1. The Labute approximate surface area is 214 Å². The number of fused-ring (bicyclic) bond motifs is 7. The van der Waals surface area contributed by atoms with Crippen molar-refractivity contribution in [3.8, 4) is 0 Å². The van der Waals surface area contributed by atoms with Gasteiger partial charge >= 0.3 is 0 Å². The van der Waals surface area contributed by atoms with Crippen LogP contribution in [-0.4, -0.2) is 41.8 Å². The average Bonchev–Trinajstić information content (AvgIpc) is 3.32. The van der Waals surface area contributed by atoms with E-state index in [1.807, 2.05) is 0 Å². The van der Waals surface area contributed by atoms with Crippen LogP contribution in [0.1, 0.15) is 105 Å². The maximum absolute atomic E-state index is 10.3. The van der Waals surface area contributed by atoms with Gasteiger partial charge in [-0.25, -0.2) is 0 Å². The minimum absolute atomic E-state index is 0.104. The van der Waals surface area contributed by atoms with Crippen molar-refractivity contribution in [3.63, 3.8) is 0 Å². The molecule has 196 valence electrons. The maximum Gasteiger partial charge on any atom is 0.106 e. The second kappa shape index (κ2) is 9.19. The molecule has 6 rings (SSSR count). The van der Waals surface area contributed by atoms with Crippen LogP contribution < -0.4 is 0 Å². The van der Waals surface area contributed by atoms with Crippen LogP contribution in [0.25, 0.3) is 0 Å². The van der Waals surface area contributed by atoms with Crippen molar-refractivity contribution >= 4 is 0 Å². The van der Waals surface area contributed by atoms with Gasteiger partial charge in [0.2, 0.25) is 0 Å². The molecule has 4 aliphatic carbocycles. The van der Waals surface area contributed by atoms with Crippen LogP contribution in [0.2, 0.25) is 0 Å². The highest BCUT2D eigenvalue weighted by atomic mass is 16.5. The number of hydrogen-bond donors (Lipinski definition) is 1. The number of aliphatic hydroxyl groups is 1. The van der Waals surface area contributed by atoms with Crippen LogP contribution in [0.5, 0.6) is 0 Å². The van der Waals surface area contributed by atoms with Crippen molar-refractivity contribution in [1.29, 1.82) is 0 Å². The molecule has 0 amide bonds. The first-order valence-electron chi connectivity index (χ1n) is 15.3. The molecule has 2 aliphatic heterocycles. The summed E-state index contributed by atoms with van der Waals surface area (Å²) >= 11 is 0. The predicted molar refractivity (Wildman–Crippen MR) is 143 cm³/mol. The van der Waals surface area contributed by atoms with Gasteiger partial charge in [0.25, 0.3) is 0 Å². The molecule has 4 fully saturated rings. The van der Waals surface area contributed by atoms with Crippen molar-refractivity contribution in [3.05, 3.63) is 23.0 Å². The molecule has 2 heterocycles. The van der Waals surface area contributed by atoms with Gasteiger partial charge in [0.15, 0.2) is 0 Å². The van der Waals surface area contributed by atoms with Gasteiger partial charge in [-0.05, 0) is 124 Å². The number of ether oxygens (including phenoxy) is 1. The third-order valence-corrected chi connectivity index (χ3v) is 12.2. The highest BCUT2D eigenvalue weighted by molar-refractivity contribution is 5.30. The Bertz CT molecular complexity index is 871. The number of nitrogens with zero attached hydrogens (tertiary/aromatic N) is 1. The van der Waals surface area contributed by atoms with Crippen LogP contribution in [0.15, 0.2) is 23.0 Å². The van der Waals surface area contributed by atoms with Crippen LogP contribution in [0.4, 0.5) is 0 Å². The zero-order chi connectivity index (χ0) is 24.4. The SMILES string of the molecule is CC1=C(CCC(C)CN2CCCCC2)O[C@H]2C[C@H]3[C@@H]4CC=C5C[C@@H](O)CC[C@]5(C)[C@H]4CC[C@]3(C)[C@@H]12. The number of piperidine rings is 1. The molecule has 3 nitrogen and oxygen atoms in total. The van der Waals surface area contributed by atoms with Gasteiger partial charge in [-0.2, -0.15) is 0 Å². The lowest BCUT2D eigenvalue weighted by Gasteiger charge is -2.57. The Balaban J connectivity index is 1.14. The zero-order valence-corrected chi connectivity index (χ0v) is 23.0. The molecular formula is C32H51NO2. The van der Waals surface area contributed by atoms with Gasteiger partial charge in [0.1, 0.15) is 6.10 Å². The van der Waals surface area contributed by atoms with Crippen molar-refractivity contribution in [1.82, 2.24) is 4.90 Å². The van der Waals surface area contributed by atoms with E-state index in [0.29, 0.717) is 22.9 Å². The van der Waals surface area contributed by atoms with Crippen LogP contribution >= 0.6 is 0 Å². The van der Waals surface area contributed by atoms with E-state index in [1.54, 1.807) is 11.1 Å². The van der Waals surface area contributed by atoms with Crippen molar-refractivity contribution in [2.45, 2.75) is 117 Å². The second-order valence-corrected chi connectivity index (χ2v) is 14.2. The molecule has 3 saturated carbocycles. The van der Waals surface area contributed by atoms with E-state index in [9.17, 15) is 5.11 Å². The Morgan fingerprint density at radius 2 is 1.91 bits per heavy atom. The normalized spacial score (nSPS) is 46.3. The molecule has 1 N–H and O–H groups in total. The highest BCUT2D eigenvalue weighted by Gasteiger charge is 2.63. The molecule has 3 heteroatoms. The standard InChI is InChI=1S/C32H51NO2/c1-21(20-33-16-6-5-7-17-33)8-11-28-22(2)30-29(35-28)19-27-25-10-9-23-18-24(34)12-14-31(23,3)26(25)13-15-32(27,30)4/h9,21,24-27,29-30,34H,5-8,10-20H2,1-4H3/t21?,24-,25+,26-,27-,29-,30-,31-,32-/m0/s1. The van der Waals surface area contributed by atoms with Crippen LogP contribution in [-0.2, 0) is 4.74 Å². The van der Waals surface area contributed by atoms with Gasteiger partial charge in [-0.3, -0.25) is 0 Å². The number of allylic oxidation sites excluding steroid dienone is 2. The lowest BCUT2D eigenvalue weighted by molar-refractivity contribution is -0.0454. The van der Waals surface area contributed by atoms with E-state index in [-0.39, 0.29) is 6.10 Å². The lowest BCUT2D eigenvalue weighted by Crippen LogP contribution is -2.50. The topological polar surface area (TPSA) is 32.7 Å². The summed E-state index contributed by atoms with van der Waals surface area (Å²) in [6, 6.07) is 0. The monoisotopic (exact) mass is 481 g/mol. The zero-order valence-electron chi connectivity index (χ0n) is 23.0. The third kappa shape index (κ3) is 4.06. The van der Waals surface area contributed by atoms with Crippen LogP contribution in [0.3, 0.4) is 0 Å². The summed E-state index contributed by atoms with van der Waals surface area (Å²) in [5, 5.41) is 10.3.